The van der Waals surface area contributed by atoms with Crippen molar-refractivity contribution in [2.75, 3.05) is 6.61 Å². The van der Waals surface area contributed by atoms with Crippen LogP contribution in [0.2, 0.25) is 0 Å². The minimum atomic E-state index is -0.256. The maximum absolute atomic E-state index is 13.1. The average Bonchev–Trinajstić information content (AvgIpc) is 2.36. The van der Waals surface area contributed by atoms with E-state index < -0.39 is 0 Å². The monoisotopic (exact) mass is 303 g/mol. The van der Waals surface area contributed by atoms with E-state index in [1.165, 1.54) is 6.07 Å². The summed E-state index contributed by atoms with van der Waals surface area (Å²) in [5.74, 6) is -0.256. The molecule has 17 heavy (non-hydrogen) atoms. The van der Waals surface area contributed by atoms with Gasteiger partial charge in [0.15, 0.2) is 0 Å². The molecule has 0 heterocycles. The second-order valence-electron chi connectivity index (χ2n) is 4.25. The molecule has 0 fully saturated rings. The topological polar surface area (TPSA) is 32.3 Å². The van der Waals surface area contributed by atoms with Gasteiger partial charge in [0.05, 0.1) is 11.1 Å². The molecule has 4 heteroatoms. The van der Waals surface area contributed by atoms with Crippen molar-refractivity contribution in [1.82, 2.24) is 5.32 Å². The van der Waals surface area contributed by atoms with Crippen LogP contribution in [0, 0.1) is 5.82 Å². The third kappa shape index (κ3) is 3.76. The van der Waals surface area contributed by atoms with Crippen LogP contribution >= 0.6 is 15.9 Å². The van der Waals surface area contributed by atoms with E-state index >= 15 is 0 Å². The van der Waals surface area contributed by atoms with Gasteiger partial charge < -0.3 is 10.4 Å². The van der Waals surface area contributed by atoms with E-state index in [0.717, 1.165) is 18.4 Å². The van der Waals surface area contributed by atoms with Gasteiger partial charge in [0.2, 0.25) is 0 Å². The molecule has 0 aromatic heterocycles. The van der Waals surface area contributed by atoms with Crippen molar-refractivity contribution in [3.63, 3.8) is 0 Å². The first-order valence-corrected chi connectivity index (χ1v) is 6.66. The summed E-state index contributed by atoms with van der Waals surface area (Å²) in [5.41, 5.74) is 0.763. The molecular formula is C13H19BrFNO. The first-order valence-electron chi connectivity index (χ1n) is 5.86. The van der Waals surface area contributed by atoms with Gasteiger partial charge in [0.1, 0.15) is 5.82 Å². The summed E-state index contributed by atoms with van der Waals surface area (Å²) in [4.78, 5) is 0. The van der Waals surface area contributed by atoms with Crippen molar-refractivity contribution >= 4 is 15.9 Å². The largest absolute Gasteiger partial charge is 0.394 e. The Bertz CT molecular complexity index is 358. The first kappa shape index (κ1) is 14.6. The number of rotatable bonds is 6. The Morgan fingerprint density at radius 3 is 2.47 bits per heavy atom. The van der Waals surface area contributed by atoms with Crippen LogP contribution in [0.1, 0.15) is 32.3 Å². The summed E-state index contributed by atoms with van der Waals surface area (Å²) in [6.45, 7) is 4.84. The number of aliphatic hydroxyl groups is 1. The molecule has 2 N–H and O–H groups in total. The van der Waals surface area contributed by atoms with E-state index in [2.05, 4.69) is 21.2 Å². The molecule has 1 rings (SSSR count). The minimum absolute atomic E-state index is 0.113. The highest BCUT2D eigenvalue weighted by Crippen LogP contribution is 2.19. The van der Waals surface area contributed by atoms with Crippen molar-refractivity contribution in [3.05, 3.63) is 34.1 Å². The maximum atomic E-state index is 13.1. The highest BCUT2D eigenvalue weighted by molar-refractivity contribution is 9.10. The molecule has 2 nitrogen and oxygen atoms in total. The highest BCUT2D eigenvalue weighted by Gasteiger charge is 2.23. The molecule has 0 atom stereocenters. The summed E-state index contributed by atoms with van der Waals surface area (Å²) in [5, 5.41) is 12.8. The van der Waals surface area contributed by atoms with Gasteiger partial charge in [-0.3, -0.25) is 0 Å². The molecule has 0 amide bonds. The Labute approximate surface area is 110 Å². The zero-order chi connectivity index (χ0) is 12.9. The van der Waals surface area contributed by atoms with E-state index in [1.54, 1.807) is 12.1 Å². The predicted octanol–water partition coefficient (Wildman–Crippen LogP) is 3.23. The van der Waals surface area contributed by atoms with Crippen molar-refractivity contribution in [1.29, 1.82) is 0 Å². The quantitative estimate of drug-likeness (QED) is 0.846. The summed E-state index contributed by atoms with van der Waals surface area (Å²) >= 11 is 3.17. The number of aliphatic hydroxyl groups excluding tert-OH is 1. The smallest absolute Gasteiger partial charge is 0.137 e. The van der Waals surface area contributed by atoms with Gasteiger partial charge in [0.25, 0.3) is 0 Å². The first-order chi connectivity index (χ1) is 8.06. The molecule has 0 radical (unpaired) electrons. The van der Waals surface area contributed by atoms with E-state index in [-0.39, 0.29) is 18.0 Å². The van der Waals surface area contributed by atoms with Crippen LogP contribution in [0.15, 0.2) is 22.7 Å². The molecule has 0 aliphatic heterocycles. The summed E-state index contributed by atoms with van der Waals surface area (Å²) in [7, 11) is 0. The van der Waals surface area contributed by atoms with Gasteiger partial charge in [-0.15, -0.1) is 0 Å². The van der Waals surface area contributed by atoms with Crippen molar-refractivity contribution < 1.29 is 9.50 Å². The van der Waals surface area contributed by atoms with Crippen LogP contribution in [-0.2, 0) is 6.54 Å². The van der Waals surface area contributed by atoms with E-state index in [4.69, 9.17) is 0 Å². The fourth-order valence-corrected chi connectivity index (χ4v) is 2.14. The number of halogens is 2. The van der Waals surface area contributed by atoms with E-state index in [1.807, 2.05) is 13.8 Å². The number of hydrogen-bond acceptors (Lipinski definition) is 2. The van der Waals surface area contributed by atoms with Gasteiger partial charge in [0, 0.05) is 12.1 Å². The average molecular weight is 304 g/mol. The van der Waals surface area contributed by atoms with Crippen LogP contribution in [0.3, 0.4) is 0 Å². The Hall–Kier alpha value is -0.450. The number of benzene rings is 1. The Morgan fingerprint density at radius 1 is 1.35 bits per heavy atom. The molecule has 0 spiro atoms. The van der Waals surface area contributed by atoms with E-state index in [9.17, 15) is 9.50 Å². The molecular weight excluding hydrogens is 285 g/mol. The lowest BCUT2D eigenvalue weighted by atomic mass is 9.93. The molecule has 0 unspecified atom stereocenters. The lowest BCUT2D eigenvalue weighted by Gasteiger charge is -2.31. The second-order valence-corrected chi connectivity index (χ2v) is 5.10. The van der Waals surface area contributed by atoms with Gasteiger partial charge in [-0.2, -0.15) is 0 Å². The zero-order valence-electron chi connectivity index (χ0n) is 10.3. The Kier molecular flexibility index (Phi) is 5.56. The van der Waals surface area contributed by atoms with Crippen molar-refractivity contribution in [3.8, 4) is 0 Å². The third-order valence-electron chi connectivity index (χ3n) is 3.31. The minimum Gasteiger partial charge on any atom is -0.394 e. The zero-order valence-corrected chi connectivity index (χ0v) is 11.8. The standard InChI is InChI=1S/C13H19BrFNO/c1-3-13(4-2,9-17)16-8-10-5-6-12(15)11(14)7-10/h5-7,16-17H,3-4,8-9H2,1-2H3. The molecule has 1 aromatic carbocycles. The third-order valence-corrected chi connectivity index (χ3v) is 3.92. The molecule has 0 saturated carbocycles. The van der Waals surface area contributed by atoms with Crippen LogP contribution < -0.4 is 5.32 Å². The fourth-order valence-electron chi connectivity index (χ4n) is 1.72. The predicted molar refractivity (Wildman–Crippen MR) is 71.3 cm³/mol. The van der Waals surface area contributed by atoms with Crippen LogP contribution in [0.5, 0.6) is 0 Å². The van der Waals surface area contributed by atoms with Gasteiger partial charge in [-0.25, -0.2) is 4.39 Å². The van der Waals surface area contributed by atoms with Gasteiger partial charge in [-0.1, -0.05) is 19.9 Å². The summed E-state index contributed by atoms with van der Waals surface area (Å²) < 4.78 is 13.5. The summed E-state index contributed by atoms with van der Waals surface area (Å²) in [6.07, 6.45) is 1.73. The lowest BCUT2D eigenvalue weighted by Crippen LogP contribution is -2.47. The molecule has 96 valence electrons. The molecule has 0 saturated heterocycles. The molecule has 0 aliphatic carbocycles. The second kappa shape index (κ2) is 6.47. The van der Waals surface area contributed by atoms with E-state index in [0.29, 0.717) is 11.0 Å². The van der Waals surface area contributed by atoms with Gasteiger partial charge >= 0.3 is 0 Å². The van der Waals surface area contributed by atoms with Crippen LogP contribution in [-0.4, -0.2) is 17.3 Å². The highest BCUT2D eigenvalue weighted by atomic mass is 79.9. The molecule has 1 aromatic rings. The number of hydrogen-bond donors (Lipinski definition) is 2. The molecule has 0 bridgehead atoms. The Morgan fingerprint density at radius 2 is 2.00 bits per heavy atom. The number of nitrogens with one attached hydrogen (secondary N) is 1. The SMILES string of the molecule is CCC(CC)(CO)NCc1ccc(F)c(Br)c1. The normalized spacial score (nSPS) is 11.8. The summed E-state index contributed by atoms with van der Waals surface area (Å²) in [6, 6.07) is 4.95. The fraction of sp³-hybridized carbons (Fsp3) is 0.538. The molecule has 0 aliphatic rings. The van der Waals surface area contributed by atoms with Crippen molar-refractivity contribution in [2.24, 2.45) is 0 Å². The lowest BCUT2D eigenvalue weighted by molar-refractivity contribution is 0.149. The van der Waals surface area contributed by atoms with Crippen LogP contribution in [0.25, 0.3) is 0 Å². The maximum Gasteiger partial charge on any atom is 0.137 e. The van der Waals surface area contributed by atoms with Crippen molar-refractivity contribution in [2.45, 2.75) is 38.8 Å². The van der Waals surface area contributed by atoms with Crippen LogP contribution in [0.4, 0.5) is 4.39 Å². The van der Waals surface area contributed by atoms with Gasteiger partial charge in [-0.05, 0) is 46.5 Å². The Balaban J connectivity index is 2.68.